The van der Waals surface area contributed by atoms with Crippen LogP contribution in [-0.4, -0.2) is 29.2 Å². The van der Waals surface area contributed by atoms with Gasteiger partial charge in [0.05, 0.1) is 27.1 Å². The molecule has 0 N–H and O–H groups in total. The molecule has 122 valence electrons. The van der Waals surface area contributed by atoms with Crippen LogP contribution in [-0.2, 0) is 9.31 Å². The Kier molecular flexibility index (Phi) is 5.78. The van der Waals surface area contributed by atoms with E-state index in [1.807, 2.05) is 45.9 Å². The minimum atomic E-state index is -0.421. The summed E-state index contributed by atoms with van der Waals surface area (Å²) < 4.78 is 12.1. The van der Waals surface area contributed by atoms with Crippen LogP contribution in [0.15, 0.2) is 28.7 Å². The van der Waals surface area contributed by atoms with Crippen LogP contribution in [0, 0.1) is 0 Å². The lowest BCUT2D eigenvalue weighted by Gasteiger charge is -2.32. The standard InChI is InChI=1S/C16H19BClNO2S2/c1-15(2)16(3,4)21-17(20-15)12(9-22)7-11-5-6-14(19-10-23)13(18)8-11/h5-8,22H,9H2,1-4H3. The first kappa shape index (κ1) is 18.7. The van der Waals surface area contributed by atoms with Gasteiger partial charge in [-0.2, -0.15) is 17.6 Å². The third-order valence-corrected chi connectivity index (χ3v) is 4.99. The third kappa shape index (κ3) is 4.08. The largest absolute Gasteiger partial charge is 0.491 e. The van der Waals surface area contributed by atoms with E-state index in [4.69, 9.17) is 20.9 Å². The zero-order valence-electron chi connectivity index (χ0n) is 13.6. The van der Waals surface area contributed by atoms with Crippen molar-refractivity contribution in [2.24, 2.45) is 4.99 Å². The highest BCUT2D eigenvalue weighted by Crippen LogP contribution is 2.39. The van der Waals surface area contributed by atoms with Crippen molar-refractivity contribution in [3.63, 3.8) is 0 Å². The second kappa shape index (κ2) is 7.10. The molecule has 23 heavy (non-hydrogen) atoms. The molecule has 0 atom stereocenters. The van der Waals surface area contributed by atoms with Crippen LogP contribution < -0.4 is 0 Å². The highest BCUT2D eigenvalue weighted by molar-refractivity contribution is 7.80. The van der Waals surface area contributed by atoms with Gasteiger partial charge < -0.3 is 9.31 Å². The molecule has 1 aliphatic rings. The predicted octanol–water partition coefficient (Wildman–Crippen LogP) is 5.02. The minimum absolute atomic E-state index is 0.380. The maximum atomic E-state index is 6.19. The summed E-state index contributed by atoms with van der Waals surface area (Å²) in [5.41, 5.74) is 1.71. The van der Waals surface area contributed by atoms with E-state index in [2.05, 4.69) is 35.0 Å². The zero-order chi connectivity index (χ0) is 17.3. The number of isothiocyanates is 1. The summed E-state index contributed by atoms with van der Waals surface area (Å²) in [7, 11) is -0.421. The van der Waals surface area contributed by atoms with Crippen molar-refractivity contribution in [2.75, 3.05) is 5.75 Å². The molecule has 2 rings (SSSR count). The van der Waals surface area contributed by atoms with Gasteiger partial charge in [0.1, 0.15) is 0 Å². The third-order valence-electron chi connectivity index (χ3n) is 4.23. The average Bonchev–Trinajstić information content (AvgIpc) is 2.67. The molecule has 0 unspecified atom stereocenters. The van der Waals surface area contributed by atoms with E-state index >= 15 is 0 Å². The van der Waals surface area contributed by atoms with E-state index < -0.39 is 7.12 Å². The summed E-state index contributed by atoms with van der Waals surface area (Å²) in [6.45, 7) is 8.10. The van der Waals surface area contributed by atoms with Crippen LogP contribution in [0.1, 0.15) is 33.3 Å². The van der Waals surface area contributed by atoms with Crippen molar-refractivity contribution in [3.8, 4) is 0 Å². The van der Waals surface area contributed by atoms with Crippen LogP contribution in [0.2, 0.25) is 5.02 Å². The molecule has 1 heterocycles. The fraction of sp³-hybridized carbons (Fsp3) is 0.438. The number of halogens is 1. The lowest BCUT2D eigenvalue weighted by atomic mass is 9.78. The fourth-order valence-corrected chi connectivity index (χ4v) is 2.72. The molecule has 0 bridgehead atoms. The number of hydrogen-bond donors (Lipinski definition) is 1. The number of benzene rings is 1. The summed E-state index contributed by atoms with van der Waals surface area (Å²) in [4.78, 5) is 3.91. The van der Waals surface area contributed by atoms with Crippen LogP contribution in [0.5, 0.6) is 0 Å². The summed E-state index contributed by atoms with van der Waals surface area (Å²) in [6.07, 6.45) is 1.98. The van der Waals surface area contributed by atoms with Crippen molar-refractivity contribution < 1.29 is 9.31 Å². The monoisotopic (exact) mass is 367 g/mol. The Labute approximate surface area is 153 Å². The van der Waals surface area contributed by atoms with Gasteiger partial charge in [-0.1, -0.05) is 23.7 Å². The van der Waals surface area contributed by atoms with Crippen molar-refractivity contribution in [1.29, 1.82) is 0 Å². The molecule has 1 saturated heterocycles. The topological polar surface area (TPSA) is 30.8 Å². The van der Waals surface area contributed by atoms with E-state index in [0.717, 1.165) is 11.0 Å². The molecule has 0 amide bonds. The molecule has 0 aliphatic carbocycles. The van der Waals surface area contributed by atoms with Crippen molar-refractivity contribution in [1.82, 2.24) is 0 Å². The highest BCUT2D eigenvalue weighted by atomic mass is 35.5. The first-order valence-electron chi connectivity index (χ1n) is 7.24. The Bertz CT molecular complexity index is 669. The summed E-state index contributed by atoms with van der Waals surface area (Å²) in [5, 5.41) is 2.83. The first-order valence-corrected chi connectivity index (χ1v) is 8.66. The van der Waals surface area contributed by atoms with Gasteiger partial charge >= 0.3 is 7.12 Å². The predicted molar refractivity (Wildman–Crippen MR) is 104 cm³/mol. The van der Waals surface area contributed by atoms with Crippen molar-refractivity contribution in [2.45, 2.75) is 38.9 Å². The Morgan fingerprint density at radius 1 is 1.35 bits per heavy atom. The lowest BCUT2D eigenvalue weighted by Crippen LogP contribution is -2.41. The maximum absolute atomic E-state index is 6.19. The van der Waals surface area contributed by atoms with Gasteiger partial charge in [-0.3, -0.25) is 0 Å². The Morgan fingerprint density at radius 2 is 1.96 bits per heavy atom. The number of thiocarbonyl (C=S) groups is 1. The number of aliphatic imine (C=N–C) groups is 1. The van der Waals surface area contributed by atoms with Gasteiger partial charge in [0.15, 0.2) is 0 Å². The van der Waals surface area contributed by atoms with E-state index in [1.54, 1.807) is 6.07 Å². The van der Waals surface area contributed by atoms with E-state index in [9.17, 15) is 0 Å². The van der Waals surface area contributed by atoms with Gasteiger partial charge in [0.25, 0.3) is 0 Å². The van der Waals surface area contributed by atoms with Gasteiger partial charge in [-0.15, -0.1) is 0 Å². The summed E-state index contributed by atoms with van der Waals surface area (Å²) >= 11 is 15.2. The second-order valence-corrected chi connectivity index (χ2v) is 7.29. The van der Waals surface area contributed by atoms with Crippen LogP contribution in [0.25, 0.3) is 6.08 Å². The van der Waals surface area contributed by atoms with Gasteiger partial charge in [-0.05, 0) is 63.1 Å². The van der Waals surface area contributed by atoms with Crippen molar-refractivity contribution >= 4 is 60.5 Å². The minimum Gasteiger partial charge on any atom is -0.400 e. The van der Waals surface area contributed by atoms with Crippen LogP contribution in [0.4, 0.5) is 5.69 Å². The van der Waals surface area contributed by atoms with Crippen LogP contribution in [0.3, 0.4) is 0 Å². The number of nitrogens with zero attached hydrogens (tertiary/aromatic N) is 1. The molecule has 0 spiro atoms. The molecule has 0 aromatic heterocycles. The van der Waals surface area contributed by atoms with Crippen LogP contribution >= 0.6 is 36.4 Å². The second-order valence-electron chi connectivity index (χ2n) is 6.38. The maximum Gasteiger partial charge on any atom is 0.491 e. The van der Waals surface area contributed by atoms with Gasteiger partial charge in [0, 0.05) is 5.75 Å². The first-order chi connectivity index (χ1) is 10.7. The summed E-state index contributed by atoms with van der Waals surface area (Å²) in [6, 6.07) is 5.53. The Hall–Kier alpha value is -0.615. The molecule has 7 heteroatoms. The van der Waals surface area contributed by atoms with Crippen molar-refractivity contribution in [3.05, 3.63) is 34.3 Å². The molecule has 0 saturated carbocycles. The smallest absolute Gasteiger partial charge is 0.400 e. The quantitative estimate of drug-likeness (QED) is 0.351. The molecule has 3 nitrogen and oxygen atoms in total. The molecule has 1 fully saturated rings. The number of hydrogen-bond acceptors (Lipinski definition) is 5. The fourth-order valence-electron chi connectivity index (χ4n) is 2.15. The molecule has 1 aliphatic heterocycles. The molecule has 1 aromatic rings. The average molecular weight is 368 g/mol. The lowest BCUT2D eigenvalue weighted by molar-refractivity contribution is 0.00578. The molecular formula is C16H19BClNO2S2. The van der Waals surface area contributed by atoms with E-state index in [1.165, 1.54) is 0 Å². The van der Waals surface area contributed by atoms with E-state index in [-0.39, 0.29) is 11.2 Å². The SMILES string of the molecule is CC1(C)OB(C(=Cc2ccc(N=C=S)c(Cl)c2)CS)OC1(C)C. The Morgan fingerprint density at radius 3 is 2.43 bits per heavy atom. The molecule has 1 aromatic carbocycles. The molecular weight excluding hydrogens is 349 g/mol. The Balaban J connectivity index is 2.30. The van der Waals surface area contributed by atoms with Gasteiger partial charge in [0.2, 0.25) is 0 Å². The number of thiol groups is 1. The summed E-state index contributed by atoms with van der Waals surface area (Å²) in [5.74, 6) is 0.522. The number of rotatable bonds is 4. The highest BCUT2D eigenvalue weighted by Gasteiger charge is 2.52. The zero-order valence-corrected chi connectivity index (χ0v) is 16.1. The van der Waals surface area contributed by atoms with Gasteiger partial charge in [-0.25, -0.2) is 0 Å². The van der Waals surface area contributed by atoms with E-state index in [0.29, 0.717) is 16.5 Å². The normalized spacial score (nSPS) is 19.6. The molecule has 0 radical (unpaired) electrons.